The predicted molar refractivity (Wildman–Crippen MR) is 128 cm³/mol. The van der Waals surface area contributed by atoms with Crippen molar-refractivity contribution in [3.05, 3.63) is 59.0 Å². The molecule has 1 aliphatic rings. The Labute approximate surface area is 214 Å². The van der Waals surface area contributed by atoms with E-state index in [0.717, 1.165) is 12.8 Å². The predicted octanol–water partition coefficient (Wildman–Crippen LogP) is 5.12. The highest BCUT2D eigenvalue weighted by Crippen LogP contribution is 2.34. The van der Waals surface area contributed by atoms with Gasteiger partial charge in [-0.2, -0.15) is 0 Å². The lowest BCUT2D eigenvalue weighted by Crippen LogP contribution is -2.24. The summed E-state index contributed by atoms with van der Waals surface area (Å²) >= 11 is 0. The average Bonchev–Trinajstić information content (AvgIpc) is 3.36. The van der Waals surface area contributed by atoms with E-state index in [0.29, 0.717) is 43.6 Å². The molecule has 13 heteroatoms. The largest absolute Gasteiger partial charge is 0.466 e. The fraction of sp³-hybridized carbons (Fsp3) is 0.360. The lowest BCUT2D eigenvalue weighted by Gasteiger charge is -2.27. The number of hydrogen-bond acceptors (Lipinski definition) is 8. The third-order valence-electron chi connectivity index (χ3n) is 6.34. The Bertz CT molecular complexity index is 1340. The maximum Gasteiger partial charge on any atom is 0.320 e. The Balaban J connectivity index is 1.41. The number of ether oxygens (including phenoxy) is 1. The second-order valence-electron chi connectivity index (χ2n) is 8.91. The van der Waals surface area contributed by atoms with Crippen LogP contribution >= 0.6 is 0 Å². The van der Waals surface area contributed by atoms with Crippen molar-refractivity contribution in [1.82, 2.24) is 10.2 Å². The van der Waals surface area contributed by atoms with Gasteiger partial charge in [0.25, 0.3) is 0 Å². The van der Waals surface area contributed by atoms with Gasteiger partial charge in [0.15, 0.2) is 17.5 Å². The molecule has 1 saturated carbocycles. The van der Waals surface area contributed by atoms with Gasteiger partial charge in [-0.3, -0.25) is 9.59 Å². The van der Waals surface area contributed by atoms with E-state index in [4.69, 9.17) is 14.9 Å². The van der Waals surface area contributed by atoms with E-state index in [1.165, 1.54) is 6.07 Å². The molecule has 4 N–H and O–H groups in total. The van der Waals surface area contributed by atoms with Crippen molar-refractivity contribution in [1.29, 1.82) is 0 Å². The molecule has 4 rings (SSSR count). The molecule has 1 aromatic heterocycles. The van der Waals surface area contributed by atoms with Crippen LogP contribution in [0, 0.1) is 35.1 Å². The quantitative estimate of drug-likeness (QED) is 0.157. The van der Waals surface area contributed by atoms with Crippen LogP contribution in [0.3, 0.4) is 0 Å². The Morgan fingerprint density at radius 2 is 1.76 bits per heavy atom. The summed E-state index contributed by atoms with van der Waals surface area (Å²) in [6.45, 7) is 2.09. The minimum Gasteiger partial charge on any atom is -0.466 e. The molecule has 9 nitrogen and oxygen atoms in total. The lowest BCUT2D eigenvalue weighted by atomic mass is 9.79. The van der Waals surface area contributed by atoms with E-state index >= 15 is 4.39 Å². The molecule has 1 heterocycles. The van der Waals surface area contributed by atoms with Crippen LogP contribution in [0.25, 0.3) is 0 Å². The summed E-state index contributed by atoms with van der Waals surface area (Å²) in [5, 5.41) is 11.6. The Morgan fingerprint density at radius 1 is 1.05 bits per heavy atom. The number of aromatic nitrogens is 2. The SMILES string of the molecule is CCOC(=O)[C@H]1CC[C@H](Cc2ccc(N)c(NC(=O)c3nnc(Nc4cc(F)c(F)cc4F)o3)c2F)CC1. The Hall–Kier alpha value is -4.16. The number of esters is 1. The number of halogens is 4. The fourth-order valence-electron chi connectivity index (χ4n) is 4.36. The van der Waals surface area contributed by atoms with Crippen LogP contribution in [0.4, 0.5) is 40.6 Å². The topological polar surface area (TPSA) is 132 Å². The van der Waals surface area contributed by atoms with Crippen molar-refractivity contribution in [2.24, 2.45) is 11.8 Å². The van der Waals surface area contributed by atoms with Gasteiger partial charge in [0, 0.05) is 12.1 Å². The molecule has 0 unspecified atom stereocenters. The highest BCUT2D eigenvalue weighted by molar-refractivity contribution is 6.03. The number of carbonyl (C=O) groups excluding carboxylic acids is 2. The molecule has 0 atom stereocenters. The fourth-order valence-corrected chi connectivity index (χ4v) is 4.36. The zero-order valence-electron chi connectivity index (χ0n) is 20.3. The molecule has 0 saturated heterocycles. The molecule has 202 valence electrons. The van der Waals surface area contributed by atoms with Crippen molar-refractivity contribution < 1.29 is 36.3 Å². The van der Waals surface area contributed by atoms with Gasteiger partial charge < -0.3 is 25.5 Å². The number of nitrogens with one attached hydrogen (secondary N) is 2. The molecule has 0 aliphatic heterocycles. The maximum absolute atomic E-state index is 15.3. The van der Waals surface area contributed by atoms with Crippen molar-refractivity contribution >= 4 is 35.0 Å². The molecule has 1 fully saturated rings. The number of hydrogen-bond donors (Lipinski definition) is 3. The van der Waals surface area contributed by atoms with Crippen LogP contribution < -0.4 is 16.4 Å². The molecular formula is C25H25F4N5O4. The number of rotatable bonds is 8. The lowest BCUT2D eigenvalue weighted by molar-refractivity contribution is -0.149. The van der Waals surface area contributed by atoms with Crippen molar-refractivity contribution in [2.75, 3.05) is 23.0 Å². The van der Waals surface area contributed by atoms with Crippen molar-refractivity contribution in [3.8, 4) is 0 Å². The minimum absolute atomic E-state index is 0.0349. The van der Waals surface area contributed by atoms with E-state index < -0.39 is 46.8 Å². The van der Waals surface area contributed by atoms with E-state index in [2.05, 4.69) is 20.8 Å². The number of benzene rings is 2. The number of nitrogen functional groups attached to an aromatic ring is 1. The van der Waals surface area contributed by atoms with Gasteiger partial charge in [-0.05, 0) is 56.6 Å². The van der Waals surface area contributed by atoms with Crippen molar-refractivity contribution in [2.45, 2.75) is 39.0 Å². The van der Waals surface area contributed by atoms with Crippen LogP contribution in [-0.4, -0.2) is 28.7 Å². The second kappa shape index (κ2) is 11.5. The first-order chi connectivity index (χ1) is 18.2. The van der Waals surface area contributed by atoms with Gasteiger partial charge in [-0.25, -0.2) is 17.6 Å². The number of nitrogens with two attached hydrogens (primary N) is 1. The van der Waals surface area contributed by atoms with Gasteiger partial charge in [-0.1, -0.05) is 11.2 Å². The van der Waals surface area contributed by atoms with Crippen LogP contribution in [0.1, 0.15) is 48.9 Å². The van der Waals surface area contributed by atoms with E-state index in [-0.39, 0.29) is 29.2 Å². The van der Waals surface area contributed by atoms with Crippen LogP contribution in [-0.2, 0) is 16.0 Å². The highest BCUT2D eigenvalue weighted by atomic mass is 19.2. The molecule has 0 bridgehead atoms. The molecule has 1 amide bonds. The molecule has 3 aromatic rings. The monoisotopic (exact) mass is 535 g/mol. The first-order valence-corrected chi connectivity index (χ1v) is 12.0. The number of anilines is 4. The van der Waals surface area contributed by atoms with Gasteiger partial charge in [0.05, 0.1) is 23.9 Å². The van der Waals surface area contributed by atoms with Gasteiger partial charge >= 0.3 is 23.8 Å². The van der Waals surface area contributed by atoms with Crippen LogP contribution in [0.5, 0.6) is 0 Å². The van der Waals surface area contributed by atoms with Crippen LogP contribution in [0.2, 0.25) is 0 Å². The molecule has 0 spiro atoms. The standard InChI is InChI=1S/C25H25F4N5O4/c1-2-37-24(36)13-5-3-12(4-6-13)9-14-7-8-18(30)21(20(14)29)32-22(35)23-33-34-25(38-23)31-19-11-16(27)15(26)10-17(19)28/h7-8,10-13H,2-6,9,30H2,1H3,(H,31,34)(H,32,35)/t12-,13-. The summed E-state index contributed by atoms with van der Waals surface area (Å²) in [7, 11) is 0. The second-order valence-corrected chi connectivity index (χ2v) is 8.91. The highest BCUT2D eigenvalue weighted by Gasteiger charge is 2.28. The Morgan fingerprint density at radius 3 is 2.47 bits per heavy atom. The molecule has 0 radical (unpaired) electrons. The van der Waals surface area contributed by atoms with Crippen LogP contribution in [0.15, 0.2) is 28.7 Å². The molecule has 2 aromatic carbocycles. The van der Waals surface area contributed by atoms with E-state index in [9.17, 15) is 22.8 Å². The molecule has 38 heavy (non-hydrogen) atoms. The molecule has 1 aliphatic carbocycles. The number of carbonyl (C=O) groups is 2. The summed E-state index contributed by atoms with van der Waals surface area (Å²) in [5.41, 5.74) is 5.42. The zero-order valence-corrected chi connectivity index (χ0v) is 20.3. The van der Waals surface area contributed by atoms with E-state index in [1.807, 2.05) is 0 Å². The summed E-state index contributed by atoms with van der Waals surface area (Å²) in [6.07, 6.45) is 3.16. The smallest absolute Gasteiger partial charge is 0.320 e. The summed E-state index contributed by atoms with van der Waals surface area (Å²) < 4.78 is 65.8. The number of amides is 1. The zero-order chi connectivity index (χ0) is 27.4. The maximum atomic E-state index is 15.3. The van der Waals surface area contributed by atoms with Gasteiger partial charge in [0.2, 0.25) is 0 Å². The third kappa shape index (κ3) is 6.03. The average molecular weight is 535 g/mol. The first-order valence-electron chi connectivity index (χ1n) is 12.0. The summed E-state index contributed by atoms with van der Waals surface area (Å²) in [5.74, 6) is -6.36. The number of nitrogens with zero attached hydrogens (tertiary/aromatic N) is 2. The molecular weight excluding hydrogens is 510 g/mol. The summed E-state index contributed by atoms with van der Waals surface area (Å²) in [4.78, 5) is 24.6. The third-order valence-corrected chi connectivity index (χ3v) is 6.34. The van der Waals surface area contributed by atoms with Gasteiger partial charge in [-0.15, -0.1) is 5.10 Å². The first kappa shape index (κ1) is 26.9. The van der Waals surface area contributed by atoms with Crippen molar-refractivity contribution in [3.63, 3.8) is 0 Å². The summed E-state index contributed by atoms with van der Waals surface area (Å²) in [6, 6.07) is 3.39. The Kier molecular flexibility index (Phi) is 8.13. The normalized spacial score (nSPS) is 17.2. The van der Waals surface area contributed by atoms with E-state index in [1.54, 1.807) is 13.0 Å². The minimum atomic E-state index is -1.38. The van der Waals surface area contributed by atoms with Gasteiger partial charge in [0.1, 0.15) is 11.5 Å².